The average molecular weight is 313 g/mol. The van der Waals surface area contributed by atoms with Crippen LogP contribution in [0.3, 0.4) is 0 Å². The van der Waals surface area contributed by atoms with Gasteiger partial charge in [0.25, 0.3) is 5.91 Å². The molecule has 1 amide bonds. The lowest BCUT2D eigenvalue weighted by Crippen LogP contribution is -2.84. The van der Waals surface area contributed by atoms with Crippen LogP contribution in [0.5, 0.6) is 0 Å². The van der Waals surface area contributed by atoms with Crippen LogP contribution in [-0.4, -0.2) is 53.1 Å². The van der Waals surface area contributed by atoms with Gasteiger partial charge in [-0.05, 0) is 12.5 Å². The van der Waals surface area contributed by atoms with Crippen molar-refractivity contribution in [1.82, 2.24) is 9.80 Å². The summed E-state index contributed by atoms with van der Waals surface area (Å²) in [5.74, 6) is 0.0712. The van der Waals surface area contributed by atoms with Gasteiger partial charge in [-0.25, -0.2) is 0 Å². The summed E-state index contributed by atoms with van der Waals surface area (Å²) in [6, 6.07) is 8.05. The van der Waals surface area contributed by atoms with E-state index in [4.69, 9.17) is 0 Å². The Morgan fingerprint density at radius 3 is 2.52 bits per heavy atom. The molecule has 1 aromatic rings. The summed E-state index contributed by atoms with van der Waals surface area (Å²) in [4.78, 5) is 17.7. The van der Waals surface area contributed by atoms with Gasteiger partial charge in [0.15, 0.2) is 5.66 Å². The topological polar surface area (TPSA) is 55.8 Å². The van der Waals surface area contributed by atoms with Crippen molar-refractivity contribution in [3.63, 3.8) is 0 Å². The first-order valence-electron chi connectivity index (χ1n) is 8.55. The highest BCUT2D eigenvalue weighted by Crippen LogP contribution is 2.60. The maximum atomic E-state index is 13.1. The van der Waals surface area contributed by atoms with Crippen molar-refractivity contribution >= 4 is 11.6 Å². The molecule has 1 aromatic carbocycles. The van der Waals surface area contributed by atoms with Crippen LogP contribution in [0.15, 0.2) is 24.3 Å². The second kappa shape index (κ2) is 3.97. The Bertz CT molecular complexity index is 700. The van der Waals surface area contributed by atoms with Crippen LogP contribution in [0.4, 0.5) is 5.69 Å². The highest BCUT2D eigenvalue weighted by molar-refractivity contribution is 6.05. The molecule has 5 heterocycles. The Balaban J connectivity index is 1.71. The molecule has 4 bridgehead atoms. The van der Waals surface area contributed by atoms with E-state index in [1.807, 2.05) is 18.2 Å². The van der Waals surface area contributed by atoms with Gasteiger partial charge in [0, 0.05) is 48.3 Å². The summed E-state index contributed by atoms with van der Waals surface area (Å²) in [5.41, 5.74) is 1.06. The maximum absolute atomic E-state index is 13.1. The minimum Gasteiger partial charge on any atom is -0.392 e. The van der Waals surface area contributed by atoms with Crippen LogP contribution in [0.2, 0.25) is 0 Å². The number of aliphatic hydroxyl groups is 1. The Morgan fingerprint density at radius 1 is 1.22 bits per heavy atom. The van der Waals surface area contributed by atoms with E-state index in [0.29, 0.717) is 0 Å². The number of piperidine rings is 2. The van der Waals surface area contributed by atoms with Gasteiger partial charge in [0.05, 0.1) is 6.10 Å². The predicted octanol–water partition coefficient (Wildman–Crippen LogP) is 1.20. The number of carbonyl (C=O) groups excluding carboxylic acids is 1. The predicted molar refractivity (Wildman–Crippen MR) is 86.7 cm³/mol. The lowest BCUT2D eigenvalue weighted by molar-refractivity contribution is -0.286. The number of nitrogens with zero attached hydrogens (tertiary/aromatic N) is 2. The number of hydrogen-bond acceptors (Lipinski definition) is 4. The number of fused-ring (bicyclic) bond motifs is 1. The molecule has 0 aliphatic carbocycles. The molecule has 0 radical (unpaired) electrons. The van der Waals surface area contributed by atoms with Gasteiger partial charge < -0.3 is 10.4 Å². The fraction of sp³-hybridized carbons (Fsp3) is 0.611. The Morgan fingerprint density at radius 2 is 1.87 bits per heavy atom. The van der Waals surface area contributed by atoms with E-state index in [1.165, 1.54) is 0 Å². The molecule has 3 unspecified atom stereocenters. The summed E-state index contributed by atoms with van der Waals surface area (Å²) < 4.78 is 0. The van der Waals surface area contributed by atoms with Crippen molar-refractivity contribution in [2.45, 2.75) is 32.0 Å². The van der Waals surface area contributed by atoms with Crippen LogP contribution in [-0.2, 0) is 10.5 Å². The highest BCUT2D eigenvalue weighted by atomic mass is 16.3. The summed E-state index contributed by atoms with van der Waals surface area (Å²) in [7, 11) is 0. The first-order valence-corrected chi connectivity index (χ1v) is 8.55. The van der Waals surface area contributed by atoms with Crippen molar-refractivity contribution in [3.8, 4) is 0 Å². The largest absolute Gasteiger partial charge is 0.392 e. The van der Waals surface area contributed by atoms with Crippen molar-refractivity contribution in [2.24, 2.45) is 10.8 Å². The monoisotopic (exact) mass is 313 g/mol. The molecule has 5 aliphatic rings. The minimum atomic E-state index is -0.672. The standard InChI is InChI=1S/C18H23N3O2/c1-3-17-10-20-8-16(2,14(17)22)9-21(11-17)18(20)12-6-4-5-7-13(12)19-15(18)23/h4-7,14,22H,3,8-11H2,1-2H3,(H,19,23). The van der Waals surface area contributed by atoms with Crippen LogP contribution >= 0.6 is 0 Å². The molecule has 2 N–H and O–H groups in total. The molecule has 0 aromatic heterocycles. The number of para-hydroxylation sites is 1. The third-order valence-corrected chi connectivity index (χ3v) is 6.84. The molecule has 1 spiro atoms. The van der Waals surface area contributed by atoms with E-state index in [-0.39, 0.29) is 22.8 Å². The van der Waals surface area contributed by atoms with Gasteiger partial charge in [-0.3, -0.25) is 14.6 Å². The van der Waals surface area contributed by atoms with E-state index < -0.39 is 5.66 Å². The smallest absolute Gasteiger partial charge is 0.264 e. The molecule has 6 rings (SSSR count). The zero-order valence-corrected chi connectivity index (χ0v) is 13.7. The number of amides is 1. The summed E-state index contributed by atoms with van der Waals surface area (Å²) in [6.45, 7) is 7.46. The fourth-order valence-corrected chi connectivity index (χ4v) is 5.86. The molecular formula is C18H23N3O2. The third-order valence-electron chi connectivity index (χ3n) is 6.84. The zero-order valence-electron chi connectivity index (χ0n) is 13.7. The average Bonchev–Trinajstić information content (AvgIpc) is 2.81. The molecule has 4 fully saturated rings. The normalized spacial score (nSPS) is 49.5. The minimum absolute atomic E-state index is 0.0712. The second-order valence-corrected chi connectivity index (χ2v) is 8.16. The number of nitrogens with one attached hydrogen (secondary N) is 1. The number of aliphatic hydroxyl groups excluding tert-OH is 1. The third kappa shape index (κ3) is 1.35. The molecule has 5 aliphatic heterocycles. The van der Waals surface area contributed by atoms with Gasteiger partial charge in [-0.1, -0.05) is 32.0 Å². The Hall–Kier alpha value is -1.43. The second-order valence-electron chi connectivity index (χ2n) is 8.16. The van der Waals surface area contributed by atoms with Crippen LogP contribution in [0.1, 0.15) is 25.8 Å². The van der Waals surface area contributed by atoms with Crippen molar-refractivity contribution in [3.05, 3.63) is 29.8 Å². The Labute approximate surface area is 136 Å². The van der Waals surface area contributed by atoms with E-state index in [1.54, 1.807) is 0 Å². The number of hydrogen-bond donors (Lipinski definition) is 2. The summed E-state index contributed by atoms with van der Waals surface area (Å²) in [5, 5.41) is 14.1. The van der Waals surface area contributed by atoms with E-state index >= 15 is 0 Å². The van der Waals surface area contributed by atoms with Crippen molar-refractivity contribution in [1.29, 1.82) is 0 Å². The number of carbonyl (C=O) groups is 1. The molecule has 23 heavy (non-hydrogen) atoms. The highest BCUT2D eigenvalue weighted by Gasteiger charge is 2.71. The first-order chi connectivity index (χ1) is 11.0. The van der Waals surface area contributed by atoms with E-state index in [2.05, 4.69) is 35.0 Å². The zero-order chi connectivity index (χ0) is 16.0. The van der Waals surface area contributed by atoms with Gasteiger partial charge in [0.1, 0.15) is 0 Å². The van der Waals surface area contributed by atoms with Crippen LogP contribution < -0.4 is 5.32 Å². The van der Waals surface area contributed by atoms with Crippen molar-refractivity contribution in [2.75, 3.05) is 31.5 Å². The lowest BCUT2D eigenvalue weighted by atomic mass is 9.57. The first kappa shape index (κ1) is 14.0. The summed E-state index contributed by atoms with van der Waals surface area (Å²) >= 11 is 0. The van der Waals surface area contributed by atoms with Crippen LogP contribution in [0.25, 0.3) is 0 Å². The van der Waals surface area contributed by atoms with Crippen molar-refractivity contribution < 1.29 is 9.90 Å². The van der Waals surface area contributed by atoms with Crippen LogP contribution in [0, 0.1) is 10.8 Å². The number of anilines is 1. The van der Waals surface area contributed by atoms with Gasteiger partial charge in [-0.2, -0.15) is 0 Å². The number of benzene rings is 1. The SMILES string of the molecule is CCC12CN3CC(C)(CN(C1)C31C(=O)Nc3ccccc31)C2O. The lowest BCUT2D eigenvalue weighted by Gasteiger charge is -2.71. The number of rotatable bonds is 1. The van der Waals surface area contributed by atoms with Gasteiger partial charge in [0.2, 0.25) is 0 Å². The quantitative estimate of drug-likeness (QED) is 0.818. The molecule has 5 nitrogen and oxygen atoms in total. The summed E-state index contributed by atoms with van der Waals surface area (Å²) in [6.07, 6.45) is 0.653. The molecule has 0 saturated carbocycles. The van der Waals surface area contributed by atoms with Gasteiger partial charge >= 0.3 is 0 Å². The molecular weight excluding hydrogens is 290 g/mol. The molecule has 3 atom stereocenters. The van der Waals surface area contributed by atoms with Gasteiger partial charge in [-0.15, -0.1) is 0 Å². The van der Waals surface area contributed by atoms with E-state index in [0.717, 1.165) is 43.9 Å². The molecule has 5 heteroatoms. The van der Waals surface area contributed by atoms with E-state index in [9.17, 15) is 9.90 Å². The fourth-order valence-electron chi connectivity index (χ4n) is 5.86. The Kier molecular flexibility index (Phi) is 2.41. The molecule has 4 saturated heterocycles. The molecule has 122 valence electrons. The maximum Gasteiger partial charge on any atom is 0.264 e.